The van der Waals surface area contributed by atoms with Crippen molar-refractivity contribution in [1.29, 1.82) is 0 Å². The van der Waals surface area contributed by atoms with Gasteiger partial charge in [0.1, 0.15) is 23.8 Å². The predicted octanol–water partition coefficient (Wildman–Crippen LogP) is 3.12. The van der Waals surface area contributed by atoms with Gasteiger partial charge in [-0.25, -0.2) is 32.5 Å². The van der Waals surface area contributed by atoms with Crippen LogP contribution in [0.4, 0.5) is 29.1 Å². The fraction of sp³-hybridized carbons (Fsp3) is 0.385. The lowest BCUT2D eigenvalue weighted by atomic mass is 9.88. The molecule has 2 atom stereocenters. The molecule has 1 aliphatic rings. The molecule has 40 heavy (non-hydrogen) atoms. The van der Waals surface area contributed by atoms with Crippen molar-refractivity contribution in [1.82, 2.24) is 24.5 Å². The van der Waals surface area contributed by atoms with Gasteiger partial charge in [0.25, 0.3) is 6.43 Å². The highest BCUT2D eigenvalue weighted by Crippen LogP contribution is 2.34. The van der Waals surface area contributed by atoms with E-state index in [4.69, 9.17) is 16.2 Å². The molecule has 0 saturated carbocycles. The number of methoxy groups -OCH3 is 1. The zero-order valence-electron chi connectivity index (χ0n) is 21.6. The summed E-state index contributed by atoms with van der Waals surface area (Å²) in [5.74, 6) is -1.56. The maximum Gasteiger partial charge on any atom is 0.265 e. The first-order valence-corrected chi connectivity index (χ1v) is 12.5. The van der Waals surface area contributed by atoms with E-state index in [1.165, 1.54) is 26.0 Å². The van der Waals surface area contributed by atoms with Gasteiger partial charge in [-0.2, -0.15) is 0 Å². The molecule has 4 heterocycles. The number of imidazole rings is 1. The van der Waals surface area contributed by atoms with Crippen LogP contribution in [-0.4, -0.2) is 67.9 Å². The summed E-state index contributed by atoms with van der Waals surface area (Å²) in [6, 6.07) is 3.52. The number of anilines is 2. The number of aliphatic hydroxyl groups is 1. The topological polar surface area (TPSA) is 141 Å². The molecule has 5 rings (SSSR count). The van der Waals surface area contributed by atoms with Crippen LogP contribution in [-0.2, 0) is 6.54 Å². The highest BCUT2D eigenvalue weighted by Gasteiger charge is 2.42. The number of pyridine rings is 1. The molecule has 14 heteroatoms. The number of aliphatic hydroxyl groups excluding tert-OH is 1. The predicted molar refractivity (Wildman–Crippen MR) is 140 cm³/mol. The summed E-state index contributed by atoms with van der Waals surface area (Å²) in [7, 11) is 1.23. The summed E-state index contributed by atoms with van der Waals surface area (Å²) in [4.78, 5) is 18.7. The first kappa shape index (κ1) is 27.5. The van der Waals surface area contributed by atoms with Gasteiger partial charge in [-0.05, 0) is 37.0 Å². The number of hydrogen-bond donors (Lipinski definition) is 3. The minimum Gasteiger partial charge on any atom is -0.494 e. The van der Waals surface area contributed by atoms with Crippen molar-refractivity contribution in [3.8, 4) is 17.0 Å². The Labute approximate surface area is 226 Å². The normalized spacial score (nSPS) is 18.8. The lowest BCUT2D eigenvalue weighted by Gasteiger charge is -2.37. The molecule has 0 unspecified atom stereocenters. The third kappa shape index (κ3) is 5.11. The largest absolute Gasteiger partial charge is 0.494 e. The van der Waals surface area contributed by atoms with Gasteiger partial charge in [-0.15, -0.1) is 0 Å². The number of aromatic nitrogens is 5. The minimum atomic E-state index is -3.01. The molecule has 0 amide bonds. The van der Waals surface area contributed by atoms with E-state index in [9.17, 15) is 22.7 Å². The highest BCUT2D eigenvalue weighted by atomic mass is 19.3. The van der Waals surface area contributed by atoms with Gasteiger partial charge in [0.05, 0.1) is 43.1 Å². The van der Waals surface area contributed by atoms with Crippen molar-refractivity contribution < 1.29 is 27.4 Å². The van der Waals surface area contributed by atoms with Crippen LogP contribution in [0.5, 0.6) is 5.75 Å². The van der Waals surface area contributed by atoms with Crippen LogP contribution in [0.1, 0.15) is 24.8 Å². The Morgan fingerprint density at radius 1 is 1.10 bits per heavy atom. The molecule has 1 saturated heterocycles. The number of benzene rings is 1. The lowest BCUT2D eigenvalue weighted by Crippen LogP contribution is -2.60. The number of alkyl halides is 2. The van der Waals surface area contributed by atoms with Crippen molar-refractivity contribution >= 4 is 22.7 Å². The standard InChI is InChI=1S/C26H28F4N8O2/c1-40-20-8-16(27)15(7-17(20)28)18-6-14(10-38-13-36-21-24(31)34-12-35-25(21)38)19(9-33-18)37-5-3-2-4-26(32,11-37)22(39)23(29)30/h6-9,12-13,22-23,39H,2-5,10-11,32H2,1H3,(H2,31,34,35)/t22-,26+/m1/s1. The Kier molecular flexibility index (Phi) is 7.47. The van der Waals surface area contributed by atoms with Crippen molar-refractivity contribution in [2.45, 2.75) is 43.9 Å². The Morgan fingerprint density at radius 3 is 2.65 bits per heavy atom. The molecule has 4 aromatic rings. The fourth-order valence-corrected chi connectivity index (χ4v) is 5.10. The molecule has 0 spiro atoms. The maximum atomic E-state index is 15.0. The van der Waals surface area contributed by atoms with Crippen molar-refractivity contribution in [3.63, 3.8) is 0 Å². The number of rotatable bonds is 7. The fourth-order valence-electron chi connectivity index (χ4n) is 5.10. The van der Waals surface area contributed by atoms with Crippen LogP contribution in [0.2, 0.25) is 0 Å². The second kappa shape index (κ2) is 10.8. The molecule has 0 radical (unpaired) electrons. The van der Waals surface area contributed by atoms with Crippen molar-refractivity contribution in [2.75, 3.05) is 30.8 Å². The molecule has 3 aromatic heterocycles. The van der Waals surface area contributed by atoms with E-state index < -0.39 is 29.7 Å². The summed E-state index contributed by atoms with van der Waals surface area (Å²) in [6.07, 6.45) is 0.612. The van der Waals surface area contributed by atoms with E-state index in [1.807, 2.05) is 0 Å². The van der Waals surface area contributed by atoms with Gasteiger partial charge in [-0.1, -0.05) is 0 Å². The van der Waals surface area contributed by atoms with Crippen LogP contribution in [0.25, 0.3) is 22.4 Å². The molecule has 1 aromatic carbocycles. The van der Waals surface area contributed by atoms with E-state index in [0.29, 0.717) is 41.8 Å². The Hall–Kier alpha value is -4.04. The number of nitrogens with zero attached hydrogens (tertiary/aromatic N) is 6. The van der Waals surface area contributed by atoms with E-state index in [0.717, 1.165) is 12.1 Å². The molecule has 5 N–H and O–H groups in total. The summed E-state index contributed by atoms with van der Waals surface area (Å²) in [5, 5.41) is 10.3. The summed E-state index contributed by atoms with van der Waals surface area (Å²) >= 11 is 0. The van der Waals surface area contributed by atoms with E-state index in [2.05, 4.69) is 19.9 Å². The number of nitrogens with two attached hydrogens (primary N) is 2. The first-order chi connectivity index (χ1) is 19.1. The smallest absolute Gasteiger partial charge is 0.265 e. The van der Waals surface area contributed by atoms with Crippen LogP contribution in [0.3, 0.4) is 0 Å². The summed E-state index contributed by atoms with van der Waals surface area (Å²) in [5.41, 5.74) is 12.7. The Bertz CT molecular complexity index is 1530. The van der Waals surface area contributed by atoms with E-state index in [-0.39, 0.29) is 42.3 Å². The van der Waals surface area contributed by atoms with Crippen LogP contribution in [0, 0.1) is 11.6 Å². The second-order valence-corrected chi connectivity index (χ2v) is 9.86. The third-order valence-corrected chi connectivity index (χ3v) is 7.23. The molecule has 10 nitrogen and oxygen atoms in total. The molecule has 0 aliphatic carbocycles. The van der Waals surface area contributed by atoms with Gasteiger partial charge in [0.2, 0.25) is 0 Å². The maximum absolute atomic E-state index is 15.0. The number of halogens is 4. The van der Waals surface area contributed by atoms with Crippen LogP contribution in [0.15, 0.2) is 37.1 Å². The van der Waals surface area contributed by atoms with Crippen molar-refractivity contribution in [2.24, 2.45) is 5.73 Å². The van der Waals surface area contributed by atoms with E-state index in [1.54, 1.807) is 15.5 Å². The molecular formula is C26H28F4N8O2. The molecule has 0 bridgehead atoms. The molecule has 1 fully saturated rings. The highest BCUT2D eigenvalue weighted by molar-refractivity contribution is 5.81. The Morgan fingerprint density at radius 2 is 1.90 bits per heavy atom. The molecule has 212 valence electrons. The van der Waals surface area contributed by atoms with Gasteiger partial charge in [0.15, 0.2) is 23.0 Å². The minimum absolute atomic E-state index is 0.0716. The SMILES string of the molecule is COc1cc(F)c(-c2cc(Cn3cnc4c(N)ncnc43)c(N3CCCC[C@@](N)([C@H](O)C(F)F)C3)cn2)cc1F. The van der Waals surface area contributed by atoms with Crippen LogP contribution >= 0.6 is 0 Å². The zero-order valence-corrected chi connectivity index (χ0v) is 21.6. The number of hydrogen-bond acceptors (Lipinski definition) is 9. The van der Waals surface area contributed by atoms with Gasteiger partial charge in [-0.3, -0.25) is 4.98 Å². The average molecular weight is 561 g/mol. The van der Waals surface area contributed by atoms with Gasteiger partial charge < -0.3 is 30.8 Å². The second-order valence-electron chi connectivity index (χ2n) is 9.86. The zero-order chi connectivity index (χ0) is 28.6. The van der Waals surface area contributed by atoms with E-state index >= 15 is 0 Å². The summed E-state index contributed by atoms with van der Waals surface area (Å²) < 4.78 is 63.1. The number of nitrogen functional groups attached to an aromatic ring is 1. The molecule has 1 aliphatic heterocycles. The van der Waals surface area contributed by atoms with Crippen LogP contribution < -0.4 is 21.1 Å². The monoisotopic (exact) mass is 560 g/mol. The van der Waals surface area contributed by atoms with Gasteiger partial charge >= 0.3 is 0 Å². The first-order valence-electron chi connectivity index (χ1n) is 12.5. The Balaban J connectivity index is 1.62. The van der Waals surface area contributed by atoms with Gasteiger partial charge in [0, 0.05) is 24.7 Å². The third-order valence-electron chi connectivity index (χ3n) is 7.23. The average Bonchev–Trinajstić information content (AvgIpc) is 3.23. The van der Waals surface area contributed by atoms with Crippen molar-refractivity contribution in [3.05, 3.63) is 54.2 Å². The lowest BCUT2D eigenvalue weighted by molar-refractivity contribution is -0.0491. The molecular weight excluding hydrogens is 532 g/mol. The quantitative estimate of drug-likeness (QED) is 0.291. The number of fused-ring (bicyclic) bond motifs is 1. The number of ether oxygens (including phenoxy) is 1. The summed E-state index contributed by atoms with van der Waals surface area (Å²) in [6.45, 7) is 0.523.